The van der Waals surface area contributed by atoms with E-state index >= 15 is 8.78 Å². The molecule has 2 N–H and O–H groups in total. The van der Waals surface area contributed by atoms with E-state index in [1.165, 1.54) is 11.1 Å². The SMILES string of the molecule is Cc1cc2nc(N3CCC(N(C)C(=O)Nc4cc(C(F)(F)F)cn(C)c4=O)C(F)(F)C3)cnc2[nH]1. The molecule has 0 spiro atoms. The number of halogens is 5. The average Bonchev–Trinajstić information content (AvgIpc) is 3.14. The monoisotopic (exact) mass is 499 g/mol. The number of anilines is 2. The molecule has 1 aliphatic rings. The topological polar surface area (TPSA) is 99.2 Å². The number of alkyl halides is 5. The zero-order valence-electron chi connectivity index (χ0n) is 19.0. The summed E-state index contributed by atoms with van der Waals surface area (Å²) >= 11 is 0. The first-order valence-electron chi connectivity index (χ1n) is 10.5. The van der Waals surface area contributed by atoms with Crippen LogP contribution in [0.1, 0.15) is 17.7 Å². The molecule has 0 bridgehead atoms. The van der Waals surface area contributed by atoms with E-state index in [1.807, 2.05) is 12.2 Å². The van der Waals surface area contributed by atoms with E-state index in [-0.39, 0.29) is 18.8 Å². The van der Waals surface area contributed by atoms with Gasteiger partial charge in [-0.25, -0.2) is 23.5 Å². The van der Waals surface area contributed by atoms with E-state index in [0.29, 0.717) is 32.9 Å². The summed E-state index contributed by atoms with van der Waals surface area (Å²) in [4.78, 5) is 38.5. The summed E-state index contributed by atoms with van der Waals surface area (Å²) in [5.74, 6) is -3.12. The van der Waals surface area contributed by atoms with Crippen LogP contribution in [0, 0.1) is 6.92 Å². The summed E-state index contributed by atoms with van der Waals surface area (Å²) < 4.78 is 70.1. The first kappa shape index (κ1) is 24.4. The van der Waals surface area contributed by atoms with Crippen molar-refractivity contribution in [3.8, 4) is 0 Å². The van der Waals surface area contributed by atoms with Crippen molar-refractivity contribution in [3.63, 3.8) is 0 Å². The first-order valence-corrected chi connectivity index (χ1v) is 10.5. The van der Waals surface area contributed by atoms with Gasteiger partial charge in [-0.2, -0.15) is 13.2 Å². The highest BCUT2D eigenvalue weighted by atomic mass is 19.4. The quantitative estimate of drug-likeness (QED) is 0.539. The Labute approximate surface area is 195 Å². The van der Waals surface area contributed by atoms with Gasteiger partial charge in [-0.1, -0.05) is 0 Å². The number of urea groups is 1. The van der Waals surface area contributed by atoms with Crippen LogP contribution in [0.15, 0.2) is 29.3 Å². The summed E-state index contributed by atoms with van der Waals surface area (Å²) in [6.45, 7) is 1.20. The Morgan fingerprint density at radius 3 is 2.69 bits per heavy atom. The molecule has 3 aromatic heterocycles. The molecule has 3 aromatic rings. The normalized spacial score (nSPS) is 18.1. The van der Waals surface area contributed by atoms with Gasteiger partial charge >= 0.3 is 12.2 Å². The maximum absolute atomic E-state index is 15.1. The lowest BCUT2D eigenvalue weighted by Gasteiger charge is -2.42. The molecule has 0 aromatic carbocycles. The molecule has 35 heavy (non-hydrogen) atoms. The van der Waals surface area contributed by atoms with Crippen molar-refractivity contribution in [1.29, 1.82) is 0 Å². The number of aromatic nitrogens is 4. The molecule has 2 amide bonds. The van der Waals surface area contributed by atoms with Crippen molar-refractivity contribution in [1.82, 2.24) is 24.4 Å². The van der Waals surface area contributed by atoms with Gasteiger partial charge in [0.1, 0.15) is 23.1 Å². The second-order valence-electron chi connectivity index (χ2n) is 8.50. The first-order chi connectivity index (χ1) is 16.3. The third kappa shape index (κ3) is 4.77. The molecule has 4 heterocycles. The van der Waals surface area contributed by atoms with Crippen LogP contribution in [0.2, 0.25) is 0 Å². The molecule has 1 fully saturated rings. The Balaban J connectivity index is 1.50. The van der Waals surface area contributed by atoms with Gasteiger partial charge in [0.05, 0.1) is 18.3 Å². The van der Waals surface area contributed by atoms with Crippen molar-refractivity contribution in [3.05, 3.63) is 46.1 Å². The highest BCUT2D eigenvalue weighted by Gasteiger charge is 2.48. The highest BCUT2D eigenvalue weighted by molar-refractivity contribution is 5.89. The Kier molecular flexibility index (Phi) is 5.93. The average molecular weight is 499 g/mol. The van der Waals surface area contributed by atoms with Crippen LogP contribution < -0.4 is 15.8 Å². The third-order valence-electron chi connectivity index (χ3n) is 5.88. The van der Waals surface area contributed by atoms with Crippen LogP contribution in [0.3, 0.4) is 0 Å². The number of H-pyrrole nitrogens is 1. The summed E-state index contributed by atoms with van der Waals surface area (Å²) in [6, 6.07) is -0.456. The van der Waals surface area contributed by atoms with Crippen molar-refractivity contribution < 1.29 is 26.7 Å². The molecule has 9 nitrogen and oxygen atoms in total. The van der Waals surface area contributed by atoms with Gasteiger partial charge in [0.2, 0.25) is 0 Å². The number of hydrogen-bond donors (Lipinski definition) is 2. The molecule has 4 rings (SSSR count). The van der Waals surface area contributed by atoms with Gasteiger partial charge < -0.3 is 24.7 Å². The number of carbonyl (C=O) groups excluding carboxylic acids is 1. The fourth-order valence-corrected chi connectivity index (χ4v) is 4.07. The van der Waals surface area contributed by atoms with Crippen LogP contribution in [0.25, 0.3) is 11.2 Å². The predicted octanol–water partition coefficient (Wildman–Crippen LogP) is 3.36. The van der Waals surface area contributed by atoms with Gasteiger partial charge in [-0.3, -0.25) is 4.79 Å². The number of carbonyl (C=O) groups is 1. The summed E-state index contributed by atoms with van der Waals surface area (Å²) in [5.41, 5.74) is -0.841. The van der Waals surface area contributed by atoms with Crippen LogP contribution in [0.4, 0.5) is 38.3 Å². The van der Waals surface area contributed by atoms with Crippen LogP contribution in [0.5, 0.6) is 0 Å². The van der Waals surface area contributed by atoms with Gasteiger partial charge in [0, 0.05) is 32.5 Å². The summed E-state index contributed by atoms with van der Waals surface area (Å²) in [5, 5.41) is 2.04. The van der Waals surface area contributed by atoms with Crippen molar-refractivity contribution in [2.24, 2.45) is 7.05 Å². The number of pyridine rings is 1. The van der Waals surface area contributed by atoms with Crippen LogP contribution in [-0.2, 0) is 13.2 Å². The predicted molar refractivity (Wildman–Crippen MR) is 118 cm³/mol. The Morgan fingerprint density at radius 2 is 2.03 bits per heavy atom. The molecule has 1 atom stereocenters. The fraction of sp³-hybridized carbons (Fsp3) is 0.429. The number of amides is 2. The van der Waals surface area contributed by atoms with E-state index < -0.39 is 47.5 Å². The standard InChI is InChI=1S/C21H22F5N7O2/c1-11-6-13-17(28-11)27-8-16(29-13)33-5-4-15(20(22,23)10-33)32(3)19(35)30-14-7-12(21(24,25)26)9-31(2)18(14)34/h6-9,15H,4-5,10H2,1-3H3,(H,27,28)(H,30,35). The van der Waals surface area contributed by atoms with Crippen molar-refractivity contribution in [2.45, 2.75) is 31.5 Å². The number of piperidine rings is 1. The minimum atomic E-state index is -4.76. The van der Waals surface area contributed by atoms with E-state index in [0.717, 1.165) is 19.8 Å². The highest BCUT2D eigenvalue weighted by Crippen LogP contribution is 2.34. The van der Waals surface area contributed by atoms with E-state index in [9.17, 15) is 22.8 Å². The maximum Gasteiger partial charge on any atom is 0.417 e. The lowest BCUT2D eigenvalue weighted by Crippen LogP contribution is -2.59. The zero-order chi connectivity index (χ0) is 25.7. The lowest BCUT2D eigenvalue weighted by atomic mass is 9.99. The molecule has 0 aliphatic carbocycles. The van der Waals surface area contributed by atoms with Crippen molar-refractivity contribution >= 4 is 28.7 Å². The minimum absolute atomic E-state index is 0.132. The Bertz CT molecular complexity index is 1330. The molecule has 188 valence electrons. The Hall–Kier alpha value is -3.71. The second-order valence-corrected chi connectivity index (χ2v) is 8.50. The molecule has 0 radical (unpaired) electrons. The molecule has 1 aliphatic heterocycles. The smallest absolute Gasteiger partial charge is 0.349 e. The molecule has 1 saturated heterocycles. The molecule has 1 unspecified atom stereocenters. The van der Waals surface area contributed by atoms with E-state index in [1.54, 1.807) is 6.07 Å². The molecule has 14 heteroatoms. The molecular weight excluding hydrogens is 477 g/mol. The molecule has 0 saturated carbocycles. The number of rotatable bonds is 3. The van der Waals surface area contributed by atoms with Crippen molar-refractivity contribution in [2.75, 3.05) is 30.4 Å². The summed E-state index contributed by atoms with van der Waals surface area (Å²) in [6.07, 6.45) is -2.94. The number of fused-ring (bicyclic) bond motifs is 1. The lowest BCUT2D eigenvalue weighted by molar-refractivity contribution is -0.138. The fourth-order valence-electron chi connectivity index (χ4n) is 4.07. The molecular formula is C21H22F5N7O2. The number of nitrogens with zero attached hydrogens (tertiary/aromatic N) is 5. The third-order valence-corrected chi connectivity index (χ3v) is 5.88. The van der Waals surface area contributed by atoms with Gasteiger partial charge in [-0.15, -0.1) is 0 Å². The van der Waals surface area contributed by atoms with Gasteiger partial charge in [0.25, 0.3) is 11.5 Å². The minimum Gasteiger partial charge on any atom is -0.349 e. The largest absolute Gasteiger partial charge is 0.417 e. The summed E-state index contributed by atoms with van der Waals surface area (Å²) in [7, 11) is 2.20. The van der Waals surface area contributed by atoms with E-state index in [4.69, 9.17) is 0 Å². The van der Waals surface area contributed by atoms with Crippen LogP contribution in [-0.4, -0.2) is 62.6 Å². The number of nitrogens with one attached hydrogen (secondary N) is 2. The van der Waals surface area contributed by atoms with Crippen LogP contribution >= 0.6 is 0 Å². The maximum atomic E-state index is 15.1. The number of aromatic amines is 1. The Morgan fingerprint density at radius 1 is 1.31 bits per heavy atom. The number of aryl methyl sites for hydroxylation is 2. The van der Waals surface area contributed by atoms with Gasteiger partial charge in [0.15, 0.2) is 5.65 Å². The van der Waals surface area contributed by atoms with E-state index in [2.05, 4.69) is 15.0 Å². The second kappa shape index (κ2) is 8.50. The van der Waals surface area contributed by atoms with Gasteiger partial charge in [-0.05, 0) is 25.5 Å². The zero-order valence-corrected chi connectivity index (χ0v) is 19.0. The number of hydrogen-bond acceptors (Lipinski definition) is 5.